The number of ether oxygens (including phenoxy) is 2. The number of nitrogens with one attached hydrogen (secondary N) is 1. The summed E-state index contributed by atoms with van der Waals surface area (Å²) in [6.07, 6.45) is 8.13. The van der Waals surface area contributed by atoms with Gasteiger partial charge in [0.05, 0.1) is 0 Å². The molecule has 2 fully saturated rings. The number of nitrogens with zero attached hydrogens (tertiary/aromatic N) is 2. The molecule has 4 rings (SSSR count). The van der Waals surface area contributed by atoms with Crippen molar-refractivity contribution in [1.82, 2.24) is 9.80 Å². The molecule has 2 heterocycles. The summed E-state index contributed by atoms with van der Waals surface area (Å²) in [5.41, 5.74) is 0.750. The molecule has 1 aromatic carbocycles. The van der Waals surface area contributed by atoms with Gasteiger partial charge in [-0.25, -0.2) is 4.79 Å². The van der Waals surface area contributed by atoms with Crippen molar-refractivity contribution in [2.24, 2.45) is 0 Å². The Bertz CT molecular complexity index is 606. The van der Waals surface area contributed by atoms with Crippen LogP contribution in [0.2, 0.25) is 0 Å². The Balaban J connectivity index is 1.29. The first kappa shape index (κ1) is 16.5. The highest BCUT2D eigenvalue weighted by molar-refractivity contribution is 5.89. The van der Waals surface area contributed by atoms with Gasteiger partial charge in [-0.2, -0.15) is 0 Å². The Morgan fingerprint density at radius 1 is 0.960 bits per heavy atom. The van der Waals surface area contributed by atoms with Crippen LogP contribution in [0.3, 0.4) is 0 Å². The molecule has 1 aromatic rings. The minimum absolute atomic E-state index is 0.0284. The molecule has 2 amide bonds. The van der Waals surface area contributed by atoms with Gasteiger partial charge in [0.1, 0.15) is 0 Å². The lowest BCUT2D eigenvalue weighted by Gasteiger charge is -2.39. The summed E-state index contributed by atoms with van der Waals surface area (Å²) in [6.45, 7) is 3.81. The predicted octanol–water partition coefficient (Wildman–Crippen LogP) is 3.29. The Morgan fingerprint density at radius 2 is 1.68 bits per heavy atom. The van der Waals surface area contributed by atoms with Crippen molar-refractivity contribution in [3.05, 3.63) is 18.2 Å². The molecule has 1 saturated carbocycles. The van der Waals surface area contributed by atoms with Crippen LogP contribution in [0, 0.1) is 0 Å². The maximum atomic E-state index is 12.5. The lowest BCUT2D eigenvalue weighted by molar-refractivity contribution is 0.105. The third-order valence-corrected chi connectivity index (χ3v) is 5.57. The van der Waals surface area contributed by atoms with Crippen LogP contribution >= 0.6 is 0 Å². The Morgan fingerprint density at radius 3 is 2.44 bits per heavy atom. The molecule has 0 atom stereocenters. The zero-order valence-electron chi connectivity index (χ0n) is 14.7. The van der Waals surface area contributed by atoms with Crippen LogP contribution in [0.4, 0.5) is 10.5 Å². The lowest BCUT2D eigenvalue weighted by Crippen LogP contribution is -2.52. The van der Waals surface area contributed by atoms with Gasteiger partial charge < -0.3 is 19.7 Å². The van der Waals surface area contributed by atoms with E-state index in [1.165, 1.54) is 38.5 Å². The number of fused-ring (bicyclic) bond motifs is 1. The first-order valence-corrected chi connectivity index (χ1v) is 9.49. The summed E-state index contributed by atoms with van der Waals surface area (Å²) in [5.74, 6) is 1.42. The third-order valence-electron chi connectivity index (χ3n) is 5.57. The van der Waals surface area contributed by atoms with Crippen LogP contribution in [-0.4, -0.2) is 54.8 Å². The zero-order chi connectivity index (χ0) is 17.1. The lowest BCUT2D eigenvalue weighted by atomic mass is 10.1. The minimum Gasteiger partial charge on any atom is -0.454 e. The van der Waals surface area contributed by atoms with E-state index in [4.69, 9.17) is 9.47 Å². The number of amides is 2. The third kappa shape index (κ3) is 3.84. The molecule has 6 nitrogen and oxygen atoms in total. The monoisotopic (exact) mass is 345 g/mol. The van der Waals surface area contributed by atoms with Crippen LogP contribution in [0.25, 0.3) is 0 Å². The Hall–Kier alpha value is -1.95. The number of benzene rings is 1. The van der Waals surface area contributed by atoms with Gasteiger partial charge in [-0.05, 0) is 25.0 Å². The van der Waals surface area contributed by atoms with E-state index in [9.17, 15) is 4.79 Å². The second kappa shape index (κ2) is 7.52. The minimum atomic E-state index is -0.0284. The highest BCUT2D eigenvalue weighted by Gasteiger charge is 2.26. The standard InChI is InChI=1S/C19H27N3O3/c23-19(20-15-7-8-17-18(13-15)25-14-24-17)22-11-9-21(10-12-22)16-5-3-1-2-4-6-16/h7-8,13,16H,1-6,9-12,14H2,(H,20,23). The van der Waals surface area contributed by atoms with Gasteiger partial charge in [0, 0.05) is 44.0 Å². The highest BCUT2D eigenvalue weighted by atomic mass is 16.7. The van der Waals surface area contributed by atoms with Gasteiger partial charge in [0.15, 0.2) is 11.5 Å². The van der Waals surface area contributed by atoms with Crippen molar-refractivity contribution in [2.45, 2.75) is 44.6 Å². The Labute approximate surface area is 149 Å². The average Bonchev–Trinajstić information content (AvgIpc) is 2.94. The van der Waals surface area contributed by atoms with Crippen LogP contribution in [0.5, 0.6) is 11.5 Å². The molecule has 1 saturated heterocycles. The highest BCUT2D eigenvalue weighted by Crippen LogP contribution is 2.34. The van der Waals surface area contributed by atoms with E-state index in [2.05, 4.69) is 10.2 Å². The fourth-order valence-electron chi connectivity index (χ4n) is 4.09. The van der Waals surface area contributed by atoms with Crippen LogP contribution in [-0.2, 0) is 0 Å². The van der Waals surface area contributed by atoms with Crippen molar-refractivity contribution in [1.29, 1.82) is 0 Å². The smallest absolute Gasteiger partial charge is 0.321 e. The molecule has 0 unspecified atom stereocenters. The van der Waals surface area contributed by atoms with Gasteiger partial charge >= 0.3 is 6.03 Å². The van der Waals surface area contributed by atoms with Crippen molar-refractivity contribution < 1.29 is 14.3 Å². The molecule has 1 aliphatic carbocycles. The molecule has 0 aromatic heterocycles. The fraction of sp³-hybridized carbons (Fsp3) is 0.632. The summed E-state index contributed by atoms with van der Waals surface area (Å²) in [6, 6.07) is 6.21. The van der Waals surface area contributed by atoms with E-state index in [0.29, 0.717) is 5.75 Å². The number of carbonyl (C=O) groups excluding carboxylic acids is 1. The van der Waals surface area contributed by atoms with E-state index in [1.54, 1.807) is 0 Å². The number of anilines is 1. The van der Waals surface area contributed by atoms with Crippen molar-refractivity contribution in [3.8, 4) is 11.5 Å². The Kier molecular flexibility index (Phi) is 4.97. The zero-order valence-corrected chi connectivity index (χ0v) is 14.7. The SMILES string of the molecule is O=C(Nc1ccc2c(c1)OCO2)N1CCN(C2CCCCCC2)CC1. The van der Waals surface area contributed by atoms with Crippen LogP contribution < -0.4 is 14.8 Å². The average molecular weight is 345 g/mol. The normalized spacial score (nSPS) is 21.8. The largest absolute Gasteiger partial charge is 0.454 e. The van der Waals surface area contributed by atoms with E-state index < -0.39 is 0 Å². The van der Waals surface area contributed by atoms with E-state index in [1.807, 2.05) is 23.1 Å². The number of piperazine rings is 1. The molecular weight excluding hydrogens is 318 g/mol. The molecule has 1 N–H and O–H groups in total. The number of rotatable bonds is 2. The molecule has 6 heteroatoms. The second-order valence-electron chi connectivity index (χ2n) is 7.17. The first-order chi connectivity index (χ1) is 12.3. The molecule has 2 aliphatic heterocycles. The van der Waals surface area contributed by atoms with Gasteiger partial charge in [-0.15, -0.1) is 0 Å². The molecule has 25 heavy (non-hydrogen) atoms. The summed E-state index contributed by atoms with van der Waals surface area (Å²) < 4.78 is 10.7. The van der Waals surface area contributed by atoms with Crippen molar-refractivity contribution >= 4 is 11.7 Å². The predicted molar refractivity (Wildman–Crippen MR) is 96.2 cm³/mol. The van der Waals surface area contributed by atoms with E-state index in [0.717, 1.165) is 43.7 Å². The molecule has 0 bridgehead atoms. The van der Waals surface area contributed by atoms with Crippen molar-refractivity contribution in [2.75, 3.05) is 38.3 Å². The summed E-state index contributed by atoms with van der Waals surface area (Å²) in [5, 5.41) is 2.98. The molecule has 136 valence electrons. The molecule has 0 spiro atoms. The molecule has 3 aliphatic rings. The van der Waals surface area contributed by atoms with Gasteiger partial charge in [-0.1, -0.05) is 25.7 Å². The molecular formula is C19H27N3O3. The summed E-state index contributed by atoms with van der Waals surface area (Å²) in [7, 11) is 0. The fourth-order valence-corrected chi connectivity index (χ4v) is 4.09. The van der Waals surface area contributed by atoms with E-state index in [-0.39, 0.29) is 12.8 Å². The quantitative estimate of drug-likeness (QED) is 0.836. The van der Waals surface area contributed by atoms with Crippen LogP contribution in [0.1, 0.15) is 38.5 Å². The molecule has 0 radical (unpaired) electrons. The number of hydrogen-bond acceptors (Lipinski definition) is 4. The topological polar surface area (TPSA) is 54.0 Å². The number of hydrogen-bond donors (Lipinski definition) is 1. The van der Waals surface area contributed by atoms with Gasteiger partial charge in [-0.3, -0.25) is 4.90 Å². The second-order valence-corrected chi connectivity index (χ2v) is 7.17. The number of carbonyl (C=O) groups is 1. The maximum absolute atomic E-state index is 12.5. The van der Waals surface area contributed by atoms with Crippen molar-refractivity contribution in [3.63, 3.8) is 0 Å². The maximum Gasteiger partial charge on any atom is 0.321 e. The number of urea groups is 1. The summed E-state index contributed by atoms with van der Waals surface area (Å²) in [4.78, 5) is 17.0. The van der Waals surface area contributed by atoms with E-state index >= 15 is 0 Å². The van der Waals surface area contributed by atoms with Crippen LogP contribution in [0.15, 0.2) is 18.2 Å². The van der Waals surface area contributed by atoms with Gasteiger partial charge in [0.25, 0.3) is 0 Å². The van der Waals surface area contributed by atoms with Gasteiger partial charge in [0.2, 0.25) is 6.79 Å². The first-order valence-electron chi connectivity index (χ1n) is 9.49. The summed E-state index contributed by atoms with van der Waals surface area (Å²) >= 11 is 0.